The van der Waals surface area contributed by atoms with Crippen LogP contribution in [0.25, 0.3) is 0 Å². The van der Waals surface area contributed by atoms with Crippen molar-refractivity contribution in [2.75, 3.05) is 25.9 Å². The van der Waals surface area contributed by atoms with Crippen LogP contribution < -0.4 is 0 Å². The number of nitrogens with zero attached hydrogens (tertiary/aromatic N) is 1. The second-order valence-corrected chi connectivity index (χ2v) is 10.9. The van der Waals surface area contributed by atoms with Crippen LogP contribution in [-0.4, -0.2) is 43.8 Å². The Morgan fingerprint density at radius 3 is 1.13 bits per heavy atom. The summed E-state index contributed by atoms with van der Waals surface area (Å²) in [5.41, 5.74) is 0. The topological polar surface area (TPSA) is 57.6 Å². The Bertz CT molecular complexity index is 440. The highest BCUT2D eigenvalue weighted by molar-refractivity contribution is 7.85. The second kappa shape index (κ2) is 22.1. The van der Waals surface area contributed by atoms with Gasteiger partial charge >= 0.3 is 0 Å². The van der Waals surface area contributed by atoms with Crippen molar-refractivity contribution < 1.29 is 13.0 Å². The zero-order chi connectivity index (χ0) is 22.3. The van der Waals surface area contributed by atoms with Gasteiger partial charge in [-0.25, -0.2) is 0 Å². The summed E-state index contributed by atoms with van der Waals surface area (Å²) in [6.45, 7) is 3.61. The highest BCUT2D eigenvalue weighted by atomic mass is 32.2. The van der Waals surface area contributed by atoms with Crippen LogP contribution in [0.1, 0.15) is 135 Å². The molecule has 0 heterocycles. The molecule has 1 N–H and O–H groups in total. The van der Waals surface area contributed by atoms with Gasteiger partial charge in [0.1, 0.15) is 0 Å². The molecule has 0 aliphatic heterocycles. The van der Waals surface area contributed by atoms with E-state index in [-0.39, 0.29) is 5.75 Å². The van der Waals surface area contributed by atoms with Crippen LogP contribution in [0.3, 0.4) is 0 Å². The van der Waals surface area contributed by atoms with Crippen LogP contribution in [0, 0.1) is 0 Å². The molecule has 0 radical (unpaired) electrons. The van der Waals surface area contributed by atoms with Crippen LogP contribution >= 0.6 is 0 Å². The molecule has 0 spiro atoms. The van der Waals surface area contributed by atoms with E-state index in [0.29, 0.717) is 6.54 Å². The van der Waals surface area contributed by atoms with Gasteiger partial charge in [-0.2, -0.15) is 8.42 Å². The highest BCUT2D eigenvalue weighted by Crippen LogP contribution is 2.14. The third-order valence-corrected chi connectivity index (χ3v) is 6.82. The zero-order valence-electron chi connectivity index (χ0n) is 20.4. The SMILES string of the molecule is CCCCCCCCCCCCCCCCCCCCCCN(C)CCS(=O)(=O)O. The van der Waals surface area contributed by atoms with Gasteiger partial charge in [0.25, 0.3) is 10.1 Å². The maximum Gasteiger partial charge on any atom is 0.266 e. The van der Waals surface area contributed by atoms with Crippen LogP contribution in [0.15, 0.2) is 0 Å². The molecule has 0 aromatic rings. The lowest BCUT2D eigenvalue weighted by atomic mass is 10.0. The Labute approximate surface area is 189 Å². The van der Waals surface area contributed by atoms with Gasteiger partial charge in [-0.05, 0) is 20.0 Å². The quantitative estimate of drug-likeness (QED) is 0.122. The third-order valence-electron chi connectivity index (χ3n) is 6.12. The van der Waals surface area contributed by atoms with Gasteiger partial charge in [-0.3, -0.25) is 4.55 Å². The minimum atomic E-state index is -3.83. The van der Waals surface area contributed by atoms with E-state index in [9.17, 15) is 8.42 Å². The average Bonchev–Trinajstić information content (AvgIpc) is 2.70. The molecule has 0 rings (SSSR count). The number of unbranched alkanes of at least 4 members (excludes halogenated alkanes) is 19. The Morgan fingerprint density at radius 1 is 0.533 bits per heavy atom. The van der Waals surface area contributed by atoms with Gasteiger partial charge in [-0.1, -0.05) is 129 Å². The smallest absolute Gasteiger partial charge is 0.266 e. The summed E-state index contributed by atoms with van der Waals surface area (Å²) >= 11 is 0. The summed E-state index contributed by atoms with van der Waals surface area (Å²) in [6, 6.07) is 0. The molecule has 4 nitrogen and oxygen atoms in total. The lowest BCUT2D eigenvalue weighted by Gasteiger charge is -2.15. The predicted octanol–water partition coefficient (Wildman–Crippen LogP) is 7.63. The van der Waals surface area contributed by atoms with E-state index < -0.39 is 10.1 Å². The lowest BCUT2D eigenvalue weighted by Crippen LogP contribution is -2.26. The van der Waals surface area contributed by atoms with Crippen molar-refractivity contribution in [2.45, 2.75) is 135 Å². The fourth-order valence-corrected chi connectivity index (χ4v) is 4.56. The standard InChI is InChI=1S/C25H53NO3S/c1-3-4-5-6-7-8-9-10-11-12-13-14-15-16-17-18-19-20-21-22-23-26(2)24-25-30(27,28)29/h3-25H2,1-2H3,(H,27,28,29). The normalized spacial score (nSPS) is 12.1. The molecule has 30 heavy (non-hydrogen) atoms. The molecule has 0 aliphatic rings. The number of hydrogen-bond acceptors (Lipinski definition) is 3. The molecular weight excluding hydrogens is 394 g/mol. The predicted molar refractivity (Wildman–Crippen MR) is 132 cm³/mol. The summed E-state index contributed by atoms with van der Waals surface area (Å²) in [5.74, 6) is -0.164. The molecule has 0 bridgehead atoms. The molecule has 0 fully saturated rings. The van der Waals surface area contributed by atoms with Crippen LogP contribution in [0.4, 0.5) is 0 Å². The van der Waals surface area contributed by atoms with Crippen molar-refractivity contribution in [1.29, 1.82) is 0 Å². The molecule has 0 atom stereocenters. The van der Waals surface area contributed by atoms with Crippen molar-refractivity contribution in [3.63, 3.8) is 0 Å². The van der Waals surface area contributed by atoms with Crippen molar-refractivity contribution in [1.82, 2.24) is 4.90 Å². The van der Waals surface area contributed by atoms with Crippen LogP contribution in [0.5, 0.6) is 0 Å². The van der Waals surface area contributed by atoms with Crippen molar-refractivity contribution in [3.8, 4) is 0 Å². The summed E-state index contributed by atoms with van der Waals surface area (Å²) < 4.78 is 30.2. The van der Waals surface area contributed by atoms with Crippen molar-refractivity contribution >= 4 is 10.1 Å². The third kappa shape index (κ3) is 25.9. The first-order valence-electron chi connectivity index (χ1n) is 13.1. The molecule has 0 unspecified atom stereocenters. The zero-order valence-corrected chi connectivity index (χ0v) is 21.2. The Hall–Kier alpha value is -0.130. The monoisotopic (exact) mass is 447 g/mol. The summed E-state index contributed by atoms with van der Waals surface area (Å²) in [4.78, 5) is 1.99. The molecular formula is C25H53NO3S. The number of rotatable bonds is 24. The maximum atomic E-state index is 10.7. The van der Waals surface area contributed by atoms with Crippen LogP contribution in [-0.2, 0) is 10.1 Å². The van der Waals surface area contributed by atoms with E-state index in [2.05, 4.69) is 6.92 Å². The fourth-order valence-electron chi connectivity index (χ4n) is 4.02. The molecule has 0 saturated carbocycles. The van der Waals surface area contributed by atoms with Gasteiger partial charge in [0.05, 0.1) is 5.75 Å². The number of hydrogen-bond donors (Lipinski definition) is 1. The van der Waals surface area contributed by atoms with E-state index >= 15 is 0 Å². The van der Waals surface area contributed by atoms with Gasteiger partial charge in [0.2, 0.25) is 0 Å². The van der Waals surface area contributed by atoms with E-state index in [1.165, 1.54) is 122 Å². The molecule has 0 amide bonds. The first-order chi connectivity index (χ1) is 14.5. The van der Waals surface area contributed by atoms with Crippen molar-refractivity contribution in [2.24, 2.45) is 0 Å². The lowest BCUT2D eigenvalue weighted by molar-refractivity contribution is 0.337. The minimum absolute atomic E-state index is 0.164. The summed E-state index contributed by atoms with van der Waals surface area (Å²) in [7, 11) is -1.91. The molecule has 0 aromatic heterocycles. The first kappa shape index (κ1) is 29.9. The van der Waals surface area contributed by atoms with Gasteiger partial charge in [0, 0.05) is 6.54 Å². The van der Waals surface area contributed by atoms with Gasteiger partial charge in [-0.15, -0.1) is 0 Å². The Morgan fingerprint density at radius 2 is 0.833 bits per heavy atom. The van der Waals surface area contributed by atoms with Gasteiger partial charge < -0.3 is 4.90 Å². The average molecular weight is 448 g/mol. The minimum Gasteiger partial charge on any atom is -0.305 e. The van der Waals surface area contributed by atoms with Gasteiger partial charge in [0.15, 0.2) is 0 Å². The molecule has 0 saturated heterocycles. The highest BCUT2D eigenvalue weighted by Gasteiger charge is 2.06. The Balaban J connectivity index is 3.13. The molecule has 182 valence electrons. The summed E-state index contributed by atoms with van der Waals surface area (Å²) in [5, 5.41) is 0. The fraction of sp³-hybridized carbons (Fsp3) is 1.00. The molecule has 0 aromatic carbocycles. The van der Waals surface area contributed by atoms with E-state index in [1.807, 2.05) is 11.9 Å². The molecule has 5 heteroatoms. The Kier molecular flexibility index (Phi) is 22.0. The maximum absolute atomic E-state index is 10.7. The van der Waals surface area contributed by atoms with E-state index in [0.717, 1.165) is 13.0 Å². The van der Waals surface area contributed by atoms with E-state index in [4.69, 9.17) is 4.55 Å². The second-order valence-electron chi connectivity index (χ2n) is 9.31. The summed E-state index contributed by atoms with van der Waals surface area (Å²) in [6.07, 6.45) is 27.7. The van der Waals surface area contributed by atoms with Crippen molar-refractivity contribution in [3.05, 3.63) is 0 Å². The van der Waals surface area contributed by atoms with Crippen LogP contribution in [0.2, 0.25) is 0 Å². The first-order valence-corrected chi connectivity index (χ1v) is 14.7. The van der Waals surface area contributed by atoms with E-state index in [1.54, 1.807) is 0 Å². The largest absolute Gasteiger partial charge is 0.305 e. The molecule has 0 aliphatic carbocycles.